The van der Waals surface area contributed by atoms with Gasteiger partial charge < -0.3 is 9.47 Å². The van der Waals surface area contributed by atoms with E-state index in [1.165, 1.54) is 4.90 Å². The zero-order chi connectivity index (χ0) is 11.2. The van der Waals surface area contributed by atoms with Gasteiger partial charge in [-0.2, -0.15) is 0 Å². The third-order valence-corrected chi connectivity index (χ3v) is 2.87. The number of rotatable bonds is 2. The minimum absolute atomic E-state index is 0.0706. The third kappa shape index (κ3) is 1.71. The molecule has 2 aliphatic heterocycles. The molecule has 0 N–H and O–H groups in total. The molecule has 0 bridgehead atoms. The predicted molar refractivity (Wildman–Crippen MR) is 51.2 cm³/mol. The molecule has 5 nitrogen and oxygen atoms in total. The first-order valence-electron chi connectivity index (χ1n) is 5.17. The first kappa shape index (κ1) is 10.4. The molecule has 2 fully saturated rings. The molecular formula is C10H15NO4. The summed E-state index contributed by atoms with van der Waals surface area (Å²) in [6, 6.07) is -0.151. The Bertz CT molecular complexity index is 302. The van der Waals surface area contributed by atoms with E-state index in [9.17, 15) is 9.59 Å². The fourth-order valence-electron chi connectivity index (χ4n) is 1.76. The standard InChI is InChI=1S/C10H15NO4/c1-5(2)7-4-14-10(13)11(7)9(12)8-6(3)15-8/h5-8H,4H2,1-3H3/t6-,7-,8+/m1/s1. The van der Waals surface area contributed by atoms with E-state index < -0.39 is 12.2 Å². The molecule has 15 heavy (non-hydrogen) atoms. The number of epoxide rings is 1. The summed E-state index contributed by atoms with van der Waals surface area (Å²) in [6.07, 6.45) is -1.06. The Morgan fingerprint density at radius 2 is 2.13 bits per heavy atom. The van der Waals surface area contributed by atoms with Crippen molar-refractivity contribution >= 4 is 12.0 Å². The molecule has 0 aromatic heterocycles. The normalized spacial score (nSPS) is 34.5. The lowest BCUT2D eigenvalue weighted by Gasteiger charge is -2.21. The van der Waals surface area contributed by atoms with Gasteiger partial charge >= 0.3 is 6.09 Å². The van der Waals surface area contributed by atoms with Crippen molar-refractivity contribution in [3.8, 4) is 0 Å². The van der Waals surface area contributed by atoms with Crippen LogP contribution in [0, 0.1) is 5.92 Å². The second kappa shape index (κ2) is 3.48. The molecule has 2 heterocycles. The van der Waals surface area contributed by atoms with Crippen LogP contribution in [-0.4, -0.2) is 41.8 Å². The molecule has 0 saturated carbocycles. The average Bonchev–Trinajstić information content (AvgIpc) is 2.74. The molecule has 0 aliphatic carbocycles. The van der Waals surface area contributed by atoms with Gasteiger partial charge in [0.15, 0.2) is 6.10 Å². The van der Waals surface area contributed by atoms with E-state index in [0.29, 0.717) is 6.61 Å². The molecule has 0 unspecified atom stereocenters. The Labute approximate surface area is 88.3 Å². The average molecular weight is 213 g/mol. The van der Waals surface area contributed by atoms with E-state index in [1.54, 1.807) is 0 Å². The minimum atomic E-state index is -0.540. The van der Waals surface area contributed by atoms with Crippen LogP contribution < -0.4 is 0 Å². The summed E-state index contributed by atoms with van der Waals surface area (Å²) in [5, 5.41) is 0. The van der Waals surface area contributed by atoms with E-state index in [1.807, 2.05) is 20.8 Å². The topological polar surface area (TPSA) is 59.1 Å². The predicted octanol–water partition coefficient (Wildman–Crippen LogP) is 0.777. The number of cyclic esters (lactones) is 1. The van der Waals surface area contributed by atoms with Gasteiger partial charge in [-0.3, -0.25) is 4.79 Å². The molecule has 84 valence electrons. The van der Waals surface area contributed by atoms with Crippen molar-refractivity contribution in [1.29, 1.82) is 0 Å². The van der Waals surface area contributed by atoms with Crippen LogP contribution in [0.15, 0.2) is 0 Å². The summed E-state index contributed by atoms with van der Waals surface area (Å²) >= 11 is 0. The summed E-state index contributed by atoms with van der Waals surface area (Å²) in [6.45, 7) is 6.03. The van der Waals surface area contributed by atoms with Crippen molar-refractivity contribution in [3.63, 3.8) is 0 Å². The van der Waals surface area contributed by atoms with Crippen molar-refractivity contribution in [2.75, 3.05) is 6.61 Å². The van der Waals surface area contributed by atoms with Crippen molar-refractivity contribution in [2.24, 2.45) is 5.92 Å². The fourth-order valence-corrected chi connectivity index (χ4v) is 1.76. The van der Waals surface area contributed by atoms with Crippen molar-refractivity contribution in [2.45, 2.75) is 39.0 Å². The fraction of sp³-hybridized carbons (Fsp3) is 0.800. The van der Waals surface area contributed by atoms with E-state index in [2.05, 4.69) is 0 Å². The van der Waals surface area contributed by atoms with E-state index in [4.69, 9.17) is 9.47 Å². The Morgan fingerprint density at radius 3 is 2.60 bits per heavy atom. The number of carbonyl (C=O) groups is 2. The second-order valence-electron chi connectivity index (χ2n) is 4.36. The lowest BCUT2D eigenvalue weighted by atomic mass is 10.0. The minimum Gasteiger partial charge on any atom is -0.447 e. The van der Waals surface area contributed by atoms with Gasteiger partial charge in [-0.25, -0.2) is 9.69 Å². The maximum Gasteiger partial charge on any atom is 0.417 e. The first-order valence-corrected chi connectivity index (χ1v) is 5.17. The third-order valence-electron chi connectivity index (χ3n) is 2.87. The van der Waals surface area contributed by atoms with Gasteiger partial charge in [0.2, 0.25) is 0 Å². The molecule has 0 radical (unpaired) electrons. The largest absolute Gasteiger partial charge is 0.447 e. The molecule has 5 heteroatoms. The van der Waals surface area contributed by atoms with E-state index in [0.717, 1.165) is 0 Å². The molecule has 0 aromatic carbocycles. The maximum atomic E-state index is 11.8. The molecule has 2 rings (SSSR count). The number of amides is 2. The van der Waals surface area contributed by atoms with E-state index in [-0.39, 0.29) is 24.0 Å². The summed E-state index contributed by atoms with van der Waals surface area (Å²) in [5.41, 5.74) is 0. The van der Waals surface area contributed by atoms with Gasteiger partial charge in [0, 0.05) is 0 Å². The SMILES string of the molecule is CC(C)[C@H]1COC(=O)N1C(=O)[C@H]1O[C@@H]1C. The molecule has 2 saturated heterocycles. The van der Waals surface area contributed by atoms with Crippen LogP contribution in [0.4, 0.5) is 4.79 Å². The highest BCUT2D eigenvalue weighted by Gasteiger charge is 2.50. The molecule has 3 atom stereocenters. The lowest BCUT2D eigenvalue weighted by molar-refractivity contribution is -0.131. The monoisotopic (exact) mass is 213 g/mol. The zero-order valence-electron chi connectivity index (χ0n) is 9.10. The number of hydrogen-bond acceptors (Lipinski definition) is 4. The number of carbonyl (C=O) groups excluding carboxylic acids is 2. The molecular weight excluding hydrogens is 198 g/mol. The van der Waals surface area contributed by atoms with Gasteiger partial charge in [0.05, 0.1) is 12.1 Å². The molecule has 0 aromatic rings. The van der Waals surface area contributed by atoms with E-state index >= 15 is 0 Å². The highest BCUT2D eigenvalue weighted by Crippen LogP contribution is 2.28. The second-order valence-corrected chi connectivity index (χ2v) is 4.36. The maximum absolute atomic E-state index is 11.8. The van der Waals surface area contributed by atoms with Gasteiger partial charge in [-0.15, -0.1) is 0 Å². The molecule has 2 amide bonds. The van der Waals surface area contributed by atoms with Crippen molar-refractivity contribution < 1.29 is 19.1 Å². The van der Waals surface area contributed by atoms with Crippen molar-refractivity contribution in [3.05, 3.63) is 0 Å². The smallest absolute Gasteiger partial charge is 0.417 e. The zero-order valence-corrected chi connectivity index (χ0v) is 9.10. The number of imide groups is 1. The highest BCUT2D eigenvalue weighted by molar-refractivity contribution is 5.97. The summed E-state index contributed by atoms with van der Waals surface area (Å²) in [5.74, 6) is -0.0573. The van der Waals surface area contributed by atoms with Gasteiger partial charge in [0.25, 0.3) is 5.91 Å². The van der Waals surface area contributed by atoms with Gasteiger partial charge in [-0.05, 0) is 12.8 Å². The van der Waals surface area contributed by atoms with Crippen LogP contribution in [0.3, 0.4) is 0 Å². The Kier molecular flexibility index (Phi) is 2.42. The van der Waals surface area contributed by atoms with Crippen LogP contribution in [0.5, 0.6) is 0 Å². The summed E-state index contributed by atoms with van der Waals surface area (Å²) in [4.78, 5) is 24.4. The quantitative estimate of drug-likeness (QED) is 0.636. The van der Waals surface area contributed by atoms with Gasteiger partial charge in [0.1, 0.15) is 6.61 Å². The Hall–Kier alpha value is -1.10. The lowest BCUT2D eigenvalue weighted by Crippen LogP contribution is -2.44. The molecule has 0 spiro atoms. The highest BCUT2D eigenvalue weighted by atomic mass is 16.6. The van der Waals surface area contributed by atoms with Crippen molar-refractivity contribution in [1.82, 2.24) is 4.90 Å². The Balaban J connectivity index is 2.10. The van der Waals surface area contributed by atoms with Crippen LogP contribution in [0.1, 0.15) is 20.8 Å². The van der Waals surface area contributed by atoms with Gasteiger partial charge in [-0.1, -0.05) is 13.8 Å². The Morgan fingerprint density at radius 1 is 1.53 bits per heavy atom. The number of hydrogen-bond donors (Lipinski definition) is 0. The van der Waals surface area contributed by atoms with Crippen LogP contribution in [0.2, 0.25) is 0 Å². The summed E-state index contributed by atoms with van der Waals surface area (Å²) < 4.78 is 9.95. The molecule has 2 aliphatic rings. The van der Waals surface area contributed by atoms with Crippen LogP contribution >= 0.6 is 0 Å². The number of nitrogens with zero attached hydrogens (tertiary/aromatic N) is 1. The summed E-state index contributed by atoms with van der Waals surface area (Å²) in [7, 11) is 0. The van der Waals surface area contributed by atoms with Crippen LogP contribution in [0.25, 0.3) is 0 Å². The first-order chi connectivity index (χ1) is 7.02. The number of ether oxygens (including phenoxy) is 2. The van der Waals surface area contributed by atoms with Crippen LogP contribution in [-0.2, 0) is 14.3 Å².